The lowest BCUT2D eigenvalue weighted by atomic mass is 10.2. The zero-order valence-electron chi connectivity index (χ0n) is 9.20. The largest absolute Gasteiger partial charge is 0.244 e. The van der Waals surface area contributed by atoms with Crippen LogP contribution in [0.1, 0.15) is 0 Å². The van der Waals surface area contributed by atoms with Crippen molar-refractivity contribution in [3.63, 3.8) is 0 Å². The van der Waals surface area contributed by atoms with E-state index >= 15 is 0 Å². The van der Waals surface area contributed by atoms with Crippen LogP contribution in [-0.4, -0.2) is 16.0 Å². The summed E-state index contributed by atoms with van der Waals surface area (Å²) >= 11 is 1.51. The summed E-state index contributed by atoms with van der Waals surface area (Å²) in [4.78, 5) is 23.5. The molecule has 3 rings (SSSR count). The van der Waals surface area contributed by atoms with Crippen LogP contribution >= 0.6 is 11.3 Å². The Kier molecular flexibility index (Phi) is 2.68. The summed E-state index contributed by atoms with van der Waals surface area (Å²) < 4.78 is 0. The molecular weight excluding hydrogens is 246 g/mol. The number of pyridine rings is 1. The molecule has 0 fully saturated rings. The first-order valence-corrected chi connectivity index (χ1v) is 6.08. The van der Waals surface area contributed by atoms with Gasteiger partial charge in [0.2, 0.25) is 6.08 Å². The highest BCUT2D eigenvalue weighted by Gasteiger charge is 2.06. The number of fused-ring (bicyclic) bond motifs is 1. The number of carbonyl (C=O) groups excluding carboxylic acids is 1. The molecule has 1 aromatic carbocycles. The second-order valence-corrected chi connectivity index (χ2v) is 4.58. The lowest BCUT2D eigenvalue weighted by Gasteiger charge is -1.96. The third-order valence-electron chi connectivity index (χ3n) is 2.43. The Labute approximate surface area is 107 Å². The summed E-state index contributed by atoms with van der Waals surface area (Å²) in [6, 6.07) is 11.1. The first-order chi connectivity index (χ1) is 8.86. The Morgan fingerprint density at radius 1 is 1.22 bits per heavy atom. The molecule has 0 unspecified atom stereocenters. The Balaban J connectivity index is 2.13. The van der Waals surface area contributed by atoms with Crippen LogP contribution in [0.25, 0.3) is 20.9 Å². The van der Waals surface area contributed by atoms with E-state index in [1.54, 1.807) is 12.3 Å². The van der Waals surface area contributed by atoms with E-state index in [1.807, 2.05) is 30.3 Å². The Bertz CT molecular complexity index is 727. The lowest BCUT2D eigenvalue weighted by Crippen LogP contribution is -1.75. The van der Waals surface area contributed by atoms with Crippen LogP contribution in [0.3, 0.4) is 0 Å². The van der Waals surface area contributed by atoms with Crippen molar-refractivity contribution in [3.8, 4) is 10.6 Å². The van der Waals surface area contributed by atoms with Crippen LogP contribution in [0.2, 0.25) is 0 Å². The molecule has 0 amide bonds. The van der Waals surface area contributed by atoms with Gasteiger partial charge in [-0.25, -0.2) is 14.8 Å². The maximum atomic E-state index is 10.2. The molecule has 0 saturated carbocycles. The van der Waals surface area contributed by atoms with E-state index in [9.17, 15) is 4.79 Å². The molecule has 0 atom stereocenters. The highest BCUT2D eigenvalue weighted by molar-refractivity contribution is 7.21. The van der Waals surface area contributed by atoms with E-state index < -0.39 is 0 Å². The van der Waals surface area contributed by atoms with Gasteiger partial charge in [0, 0.05) is 11.8 Å². The highest BCUT2D eigenvalue weighted by Crippen LogP contribution is 2.30. The van der Waals surface area contributed by atoms with E-state index in [4.69, 9.17) is 0 Å². The molecule has 0 N–H and O–H groups in total. The fourth-order valence-electron chi connectivity index (χ4n) is 1.65. The lowest BCUT2D eigenvalue weighted by molar-refractivity contribution is 0.565. The molecule has 0 radical (unpaired) electrons. The minimum atomic E-state index is 0.578. The van der Waals surface area contributed by atoms with Crippen LogP contribution in [0.5, 0.6) is 0 Å². The van der Waals surface area contributed by atoms with Gasteiger partial charge in [-0.3, -0.25) is 0 Å². The maximum Gasteiger partial charge on any atom is 0.240 e. The van der Waals surface area contributed by atoms with E-state index in [2.05, 4.69) is 15.0 Å². The van der Waals surface area contributed by atoms with Gasteiger partial charge in [-0.05, 0) is 24.3 Å². The van der Waals surface area contributed by atoms with Crippen molar-refractivity contribution >= 4 is 33.5 Å². The zero-order valence-corrected chi connectivity index (χ0v) is 10.0. The maximum absolute atomic E-state index is 10.2. The topological polar surface area (TPSA) is 55.2 Å². The fraction of sp³-hybridized carbons (Fsp3) is 0. The number of thiazole rings is 1. The van der Waals surface area contributed by atoms with E-state index in [-0.39, 0.29) is 0 Å². The van der Waals surface area contributed by atoms with E-state index in [1.165, 1.54) is 17.4 Å². The molecule has 0 aliphatic carbocycles. The number of aliphatic imine (C=N–C) groups is 1. The first-order valence-electron chi connectivity index (χ1n) is 5.27. The second-order valence-electron chi connectivity index (χ2n) is 3.60. The van der Waals surface area contributed by atoms with Gasteiger partial charge < -0.3 is 0 Å². The third kappa shape index (κ3) is 1.93. The van der Waals surface area contributed by atoms with Crippen molar-refractivity contribution in [1.29, 1.82) is 0 Å². The summed E-state index contributed by atoms with van der Waals surface area (Å²) in [7, 11) is 0. The predicted octanol–water partition coefficient (Wildman–Crippen LogP) is 3.33. The van der Waals surface area contributed by atoms with Crippen LogP contribution in [0.4, 0.5) is 5.69 Å². The van der Waals surface area contributed by atoms with Gasteiger partial charge in [0.15, 0.2) is 0 Å². The SMILES string of the molecule is O=C=Nc1cccc(-c2nc3cccnc3s2)c1. The van der Waals surface area contributed by atoms with Gasteiger partial charge in [-0.2, -0.15) is 4.99 Å². The average Bonchev–Trinajstić information content (AvgIpc) is 2.83. The van der Waals surface area contributed by atoms with E-state index in [0.717, 1.165) is 20.9 Å². The number of isocyanates is 1. The minimum Gasteiger partial charge on any atom is -0.244 e. The molecule has 2 aromatic heterocycles. The summed E-state index contributed by atoms with van der Waals surface area (Å²) in [6.07, 6.45) is 3.28. The highest BCUT2D eigenvalue weighted by atomic mass is 32.1. The van der Waals surface area contributed by atoms with Gasteiger partial charge in [0.05, 0.1) is 5.69 Å². The summed E-state index contributed by atoms with van der Waals surface area (Å²) in [6.45, 7) is 0. The molecule has 18 heavy (non-hydrogen) atoms. The summed E-state index contributed by atoms with van der Waals surface area (Å²) in [5, 5.41) is 0.867. The van der Waals surface area contributed by atoms with Crippen LogP contribution in [0.15, 0.2) is 47.6 Å². The number of rotatable bonds is 2. The quantitative estimate of drug-likeness (QED) is 0.520. The average molecular weight is 253 g/mol. The Morgan fingerprint density at radius 2 is 2.17 bits per heavy atom. The predicted molar refractivity (Wildman–Crippen MR) is 70.6 cm³/mol. The number of nitrogens with zero attached hydrogens (tertiary/aromatic N) is 3. The van der Waals surface area contributed by atoms with E-state index in [0.29, 0.717) is 5.69 Å². The summed E-state index contributed by atoms with van der Waals surface area (Å²) in [5.74, 6) is 0. The zero-order chi connectivity index (χ0) is 12.4. The molecule has 0 aliphatic heterocycles. The first kappa shape index (κ1) is 10.8. The summed E-state index contributed by atoms with van der Waals surface area (Å²) in [5.41, 5.74) is 2.38. The van der Waals surface area contributed by atoms with Crippen molar-refractivity contribution in [1.82, 2.24) is 9.97 Å². The normalized spacial score (nSPS) is 10.2. The molecule has 86 valence electrons. The van der Waals surface area contributed by atoms with Crippen molar-refractivity contribution < 1.29 is 4.79 Å². The smallest absolute Gasteiger partial charge is 0.240 e. The molecule has 2 heterocycles. The molecule has 0 spiro atoms. The molecule has 3 aromatic rings. The minimum absolute atomic E-state index is 0.578. The standard InChI is InChI=1S/C13H7N3OS/c17-8-15-10-4-1-3-9(7-10)12-16-11-5-2-6-14-13(11)18-12/h1-7H. The van der Waals surface area contributed by atoms with Crippen molar-refractivity contribution in [2.24, 2.45) is 4.99 Å². The van der Waals surface area contributed by atoms with Crippen molar-refractivity contribution in [2.75, 3.05) is 0 Å². The fourth-order valence-corrected chi connectivity index (χ4v) is 2.56. The third-order valence-corrected chi connectivity index (χ3v) is 3.46. The monoisotopic (exact) mass is 253 g/mol. The van der Waals surface area contributed by atoms with Gasteiger partial charge in [-0.15, -0.1) is 0 Å². The number of benzene rings is 1. The molecule has 0 aliphatic rings. The van der Waals surface area contributed by atoms with Crippen molar-refractivity contribution in [3.05, 3.63) is 42.6 Å². The molecule has 5 heteroatoms. The van der Waals surface area contributed by atoms with Gasteiger partial charge in [0.25, 0.3) is 0 Å². The Morgan fingerprint density at radius 3 is 3.00 bits per heavy atom. The molecule has 4 nitrogen and oxygen atoms in total. The second kappa shape index (κ2) is 4.49. The van der Waals surface area contributed by atoms with Crippen LogP contribution < -0.4 is 0 Å². The number of hydrogen-bond donors (Lipinski definition) is 0. The molecule has 0 saturated heterocycles. The van der Waals surface area contributed by atoms with Gasteiger partial charge in [-0.1, -0.05) is 23.5 Å². The van der Waals surface area contributed by atoms with Gasteiger partial charge in [0.1, 0.15) is 15.4 Å². The van der Waals surface area contributed by atoms with Gasteiger partial charge >= 0.3 is 0 Å². The molecule has 0 bridgehead atoms. The number of aromatic nitrogens is 2. The Hall–Kier alpha value is -2.36. The van der Waals surface area contributed by atoms with Crippen molar-refractivity contribution in [2.45, 2.75) is 0 Å². The molecular formula is C13H7N3OS. The van der Waals surface area contributed by atoms with Crippen LogP contribution in [-0.2, 0) is 4.79 Å². The van der Waals surface area contributed by atoms with Crippen LogP contribution in [0, 0.1) is 0 Å². The number of hydrogen-bond acceptors (Lipinski definition) is 5.